The summed E-state index contributed by atoms with van der Waals surface area (Å²) in [5.74, 6) is -0.194. The van der Waals surface area contributed by atoms with Gasteiger partial charge in [0.2, 0.25) is 0 Å². The fraction of sp³-hybridized carbons (Fsp3) is 0.588. The predicted octanol–water partition coefficient (Wildman–Crippen LogP) is 2.35. The maximum atomic E-state index is 10.8. The van der Waals surface area contributed by atoms with Crippen LogP contribution < -0.4 is 5.32 Å². The van der Waals surface area contributed by atoms with E-state index in [1.807, 2.05) is 6.07 Å². The van der Waals surface area contributed by atoms with E-state index in [1.165, 1.54) is 5.56 Å². The molecule has 116 valence electrons. The lowest BCUT2D eigenvalue weighted by Crippen LogP contribution is -2.48. The Morgan fingerprint density at radius 3 is 2.76 bits per heavy atom. The van der Waals surface area contributed by atoms with Crippen LogP contribution in [0.4, 0.5) is 0 Å². The molecule has 1 aliphatic rings. The molecule has 21 heavy (non-hydrogen) atoms. The van der Waals surface area contributed by atoms with Crippen LogP contribution in [0.5, 0.6) is 0 Å². The van der Waals surface area contributed by atoms with Crippen molar-refractivity contribution in [3.8, 4) is 0 Å². The largest absolute Gasteiger partial charge is 0.481 e. The van der Waals surface area contributed by atoms with Gasteiger partial charge < -0.3 is 15.3 Å². The van der Waals surface area contributed by atoms with E-state index in [9.17, 15) is 4.79 Å². The predicted molar refractivity (Wildman–Crippen MR) is 84.2 cm³/mol. The normalized spacial score (nSPS) is 23.1. The Bertz CT molecular complexity index is 436. The average Bonchev–Trinajstić information content (AvgIpc) is 2.51. The summed E-state index contributed by atoms with van der Waals surface area (Å²) in [5.41, 5.74) is 1.30. The molecule has 1 saturated heterocycles. The molecule has 4 nitrogen and oxygen atoms in total. The summed E-state index contributed by atoms with van der Waals surface area (Å²) in [5, 5.41) is 12.5. The summed E-state index contributed by atoms with van der Waals surface area (Å²) in [6.45, 7) is 6.19. The third-order valence-corrected chi connectivity index (χ3v) is 4.26. The summed E-state index contributed by atoms with van der Waals surface area (Å²) < 4.78 is 0. The number of likely N-dealkylation sites (tertiary alicyclic amines) is 1. The number of piperidine rings is 1. The Morgan fingerprint density at radius 2 is 2.10 bits per heavy atom. The Balaban J connectivity index is 1.84. The number of benzene rings is 1. The second-order valence-electron chi connectivity index (χ2n) is 5.95. The number of carboxylic acid groups (broad SMARTS) is 1. The van der Waals surface area contributed by atoms with E-state index in [1.54, 1.807) is 0 Å². The molecular weight excluding hydrogens is 264 g/mol. The lowest BCUT2D eigenvalue weighted by molar-refractivity contribution is -0.137. The zero-order chi connectivity index (χ0) is 15.1. The molecule has 2 atom stereocenters. The van der Waals surface area contributed by atoms with Gasteiger partial charge in [0.05, 0.1) is 0 Å². The molecule has 2 N–H and O–H groups in total. The van der Waals surface area contributed by atoms with Crippen molar-refractivity contribution in [3.05, 3.63) is 35.9 Å². The molecule has 1 aromatic rings. The smallest absolute Gasteiger partial charge is 0.303 e. The highest BCUT2D eigenvalue weighted by atomic mass is 16.4. The van der Waals surface area contributed by atoms with Crippen molar-refractivity contribution >= 4 is 5.97 Å². The lowest BCUT2D eigenvalue weighted by Gasteiger charge is -2.37. The first-order chi connectivity index (χ1) is 10.2. The molecule has 4 heteroatoms. The van der Waals surface area contributed by atoms with Crippen molar-refractivity contribution in [1.82, 2.24) is 10.2 Å². The van der Waals surface area contributed by atoms with Gasteiger partial charge in [0, 0.05) is 32.1 Å². The van der Waals surface area contributed by atoms with E-state index in [0.717, 1.165) is 39.0 Å². The van der Waals surface area contributed by atoms with Crippen molar-refractivity contribution in [2.45, 2.75) is 38.8 Å². The number of aliphatic carboxylic acids is 1. The molecule has 2 unspecified atom stereocenters. The molecule has 0 amide bonds. The summed E-state index contributed by atoms with van der Waals surface area (Å²) >= 11 is 0. The van der Waals surface area contributed by atoms with Gasteiger partial charge in [-0.3, -0.25) is 4.79 Å². The molecular formula is C17H26N2O2. The average molecular weight is 290 g/mol. The number of hydrogen-bond donors (Lipinski definition) is 2. The molecule has 1 fully saturated rings. The highest BCUT2D eigenvalue weighted by molar-refractivity contribution is 5.66. The molecule has 1 heterocycles. The van der Waals surface area contributed by atoms with Gasteiger partial charge in [-0.25, -0.2) is 0 Å². The lowest BCUT2D eigenvalue weighted by atomic mass is 9.90. The van der Waals surface area contributed by atoms with E-state index in [-0.39, 0.29) is 6.42 Å². The number of carboxylic acids is 1. The molecule has 0 radical (unpaired) electrons. The van der Waals surface area contributed by atoms with Crippen LogP contribution in [0, 0.1) is 5.92 Å². The molecule has 0 saturated carbocycles. The van der Waals surface area contributed by atoms with Crippen LogP contribution in [0.3, 0.4) is 0 Å². The molecule has 2 rings (SSSR count). The van der Waals surface area contributed by atoms with Gasteiger partial charge in [0.1, 0.15) is 0 Å². The molecule has 1 aromatic carbocycles. The second-order valence-corrected chi connectivity index (χ2v) is 5.95. The van der Waals surface area contributed by atoms with E-state index in [4.69, 9.17) is 5.11 Å². The highest BCUT2D eigenvalue weighted by Gasteiger charge is 2.26. The Morgan fingerprint density at radius 1 is 1.33 bits per heavy atom. The zero-order valence-corrected chi connectivity index (χ0v) is 12.8. The van der Waals surface area contributed by atoms with Crippen molar-refractivity contribution < 1.29 is 9.90 Å². The molecule has 0 spiro atoms. The monoisotopic (exact) mass is 290 g/mol. The van der Waals surface area contributed by atoms with Crippen molar-refractivity contribution in [2.75, 3.05) is 19.6 Å². The van der Waals surface area contributed by atoms with Gasteiger partial charge in [0.15, 0.2) is 0 Å². The van der Waals surface area contributed by atoms with Crippen LogP contribution in [0.15, 0.2) is 30.3 Å². The second kappa shape index (κ2) is 8.15. The third-order valence-electron chi connectivity index (χ3n) is 4.26. The van der Waals surface area contributed by atoms with Crippen LogP contribution in [0.25, 0.3) is 0 Å². The SMILES string of the molecule is CCN1CC(CCC(=O)O)CC(NCc2ccccc2)C1. The number of nitrogens with one attached hydrogen (secondary N) is 1. The minimum Gasteiger partial charge on any atom is -0.481 e. The van der Waals surface area contributed by atoms with Gasteiger partial charge in [-0.05, 0) is 30.9 Å². The van der Waals surface area contributed by atoms with Crippen molar-refractivity contribution in [1.29, 1.82) is 0 Å². The molecule has 1 aliphatic heterocycles. The van der Waals surface area contributed by atoms with Crippen molar-refractivity contribution in [3.63, 3.8) is 0 Å². The van der Waals surface area contributed by atoms with Crippen LogP contribution in [0.1, 0.15) is 31.7 Å². The van der Waals surface area contributed by atoms with Crippen molar-refractivity contribution in [2.24, 2.45) is 5.92 Å². The standard InChI is InChI=1S/C17H26N2O2/c1-2-19-12-15(8-9-17(20)21)10-16(13-19)18-11-14-6-4-3-5-7-14/h3-7,15-16,18H,2,8-13H2,1H3,(H,20,21). The number of carbonyl (C=O) groups is 1. The maximum absolute atomic E-state index is 10.8. The first-order valence-electron chi connectivity index (χ1n) is 7.88. The van der Waals surface area contributed by atoms with Gasteiger partial charge in [0.25, 0.3) is 0 Å². The fourth-order valence-corrected chi connectivity index (χ4v) is 3.10. The quantitative estimate of drug-likeness (QED) is 0.809. The van der Waals surface area contributed by atoms with Gasteiger partial charge in [-0.15, -0.1) is 0 Å². The first kappa shape index (κ1) is 16.0. The minimum atomic E-state index is -0.683. The summed E-state index contributed by atoms with van der Waals surface area (Å²) in [4.78, 5) is 13.2. The molecule has 0 bridgehead atoms. The number of likely N-dealkylation sites (N-methyl/N-ethyl adjacent to an activating group) is 1. The number of rotatable bonds is 7. The minimum absolute atomic E-state index is 0.285. The van der Waals surface area contributed by atoms with Crippen LogP contribution in [0.2, 0.25) is 0 Å². The highest BCUT2D eigenvalue weighted by Crippen LogP contribution is 2.21. The zero-order valence-electron chi connectivity index (χ0n) is 12.8. The molecule has 0 aliphatic carbocycles. The van der Waals surface area contributed by atoms with E-state index >= 15 is 0 Å². The number of hydrogen-bond acceptors (Lipinski definition) is 3. The Hall–Kier alpha value is -1.39. The Kier molecular flexibility index (Phi) is 6.21. The topological polar surface area (TPSA) is 52.6 Å². The molecule has 0 aromatic heterocycles. The summed E-state index contributed by atoms with van der Waals surface area (Å²) in [6.07, 6.45) is 2.15. The number of nitrogens with zero attached hydrogens (tertiary/aromatic N) is 1. The Labute approximate surface area is 127 Å². The van der Waals surface area contributed by atoms with Crippen LogP contribution in [-0.4, -0.2) is 41.7 Å². The van der Waals surface area contributed by atoms with Gasteiger partial charge in [-0.2, -0.15) is 0 Å². The van der Waals surface area contributed by atoms with Crippen LogP contribution >= 0.6 is 0 Å². The first-order valence-corrected chi connectivity index (χ1v) is 7.88. The van der Waals surface area contributed by atoms with Gasteiger partial charge >= 0.3 is 5.97 Å². The summed E-state index contributed by atoms with van der Waals surface area (Å²) in [7, 11) is 0. The fourth-order valence-electron chi connectivity index (χ4n) is 3.10. The van der Waals surface area contributed by atoms with E-state index in [2.05, 4.69) is 41.4 Å². The third kappa shape index (κ3) is 5.48. The van der Waals surface area contributed by atoms with Crippen LogP contribution in [-0.2, 0) is 11.3 Å². The van der Waals surface area contributed by atoms with E-state index in [0.29, 0.717) is 12.0 Å². The maximum Gasteiger partial charge on any atom is 0.303 e. The van der Waals surface area contributed by atoms with Gasteiger partial charge in [-0.1, -0.05) is 37.3 Å². The van der Waals surface area contributed by atoms with E-state index < -0.39 is 5.97 Å². The summed E-state index contributed by atoms with van der Waals surface area (Å²) in [6, 6.07) is 10.9.